The summed E-state index contributed by atoms with van der Waals surface area (Å²) in [6, 6.07) is 6.04. The fourth-order valence-electron chi connectivity index (χ4n) is 2.24. The Morgan fingerprint density at radius 3 is 2.70 bits per heavy atom. The van der Waals surface area contributed by atoms with E-state index in [0.717, 1.165) is 5.69 Å². The minimum Gasteiger partial charge on any atom is -0.348 e. The number of Topliss-reactive ketones (excluding diaryl/α,β-unsaturated/α-hetero) is 1. The molecule has 7 nitrogen and oxygen atoms in total. The van der Waals surface area contributed by atoms with Crippen LogP contribution < -0.4 is 10.4 Å². The lowest BCUT2D eigenvalue weighted by Gasteiger charge is -2.31. The number of carbonyl (C=O) groups excluding carboxylic acids is 2. The van der Waals surface area contributed by atoms with E-state index in [4.69, 9.17) is 11.6 Å². The number of aliphatic imine (C=N–C) groups is 1. The van der Waals surface area contributed by atoms with E-state index in [1.54, 1.807) is 30.5 Å². The lowest BCUT2D eigenvalue weighted by atomic mass is 10.1. The molecule has 0 saturated heterocycles. The number of nitrogens with one attached hydrogen (secondary N) is 2. The van der Waals surface area contributed by atoms with Crippen molar-refractivity contribution in [1.29, 1.82) is 0 Å². The van der Waals surface area contributed by atoms with Crippen molar-refractivity contribution in [2.75, 3.05) is 5.01 Å². The van der Waals surface area contributed by atoms with E-state index < -0.39 is 6.04 Å². The highest BCUT2D eigenvalue weighted by atomic mass is 35.5. The van der Waals surface area contributed by atoms with Crippen LogP contribution in [0.5, 0.6) is 0 Å². The molecule has 23 heavy (non-hydrogen) atoms. The number of aromatic amines is 1. The van der Waals surface area contributed by atoms with E-state index in [1.165, 1.54) is 18.3 Å². The monoisotopic (exact) mass is 331 g/mol. The van der Waals surface area contributed by atoms with Crippen molar-refractivity contribution in [2.24, 2.45) is 4.99 Å². The second-order valence-corrected chi connectivity index (χ2v) is 5.53. The maximum atomic E-state index is 12.7. The highest BCUT2D eigenvalue weighted by Crippen LogP contribution is 2.20. The van der Waals surface area contributed by atoms with Crippen LogP contribution in [-0.4, -0.2) is 33.5 Å². The number of imidazole rings is 1. The highest BCUT2D eigenvalue weighted by Gasteiger charge is 2.32. The van der Waals surface area contributed by atoms with Crippen molar-refractivity contribution in [3.05, 3.63) is 47.5 Å². The molecule has 118 valence electrons. The second kappa shape index (κ2) is 6.21. The Hall–Kier alpha value is -2.67. The number of ketones is 1. The molecule has 1 aliphatic heterocycles. The van der Waals surface area contributed by atoms with E-state index in [1.807, 2.05) is 0 Å². The predicted octanol–water partition coefficient (Wildman–Crippen LogP) is 1.51. The molecular weight excluding hydrogens is 318 g/mol. The van der Waals surface area contributed by atoms with Gasteiger partial charge in [0, 0.05) is 30.3 Å². The van der Waals surface area contributed by atoms with Gasteiger partial charge in [-0.05, 0) is 24.3 Å². The van der Waals surface area contributed by atoms with Gasteiger partial charge < -0.3 is 4.98 Å². The summed E-state index contributed by atoms with van der Waals surface area (Å²) in [5.41, 5.74) is 4.12. The van der Waals surface area contributed by atoms with E-state index in [9.17, 15) is 9.59 Å². The summed E-state index contributed by atoms with van der Waals surface area (Å²) in [5.74, 6) is -0.359. The molecule has 3 rings (SSSR count). The minimum atomic E-state index is -0.703. The molecule has 8 heteroatoms. The number of hydrogen-bond donors (Lipinski definition) is 2. The number of nitrogens with zero attached hydrogens (tertiary/aromatic N) is 3. The van der Waals surface area contributed by atoms with E-state index >= 15 is 0 Å². The first kappa shape index (κ1) is 15.2. The van der Waals surface area contributed by atoms with Crippen molar-refractivity contribution < 1.29 is 9.59 Å². The molecule has 1 aromatic heterocycles. The van der Waals surface area contributed by atoms with Crippen LogP contribution in [0.3, 0.4) is 0 Å². The summed E-state index contributed by atoms with van der Waals surface area (Å²) in [7, 11) is 0. The molecule has 1 amide bonds. The van der Waals surface area contributed by atoms with Crippen molar-refractivity contribution in [1.82, 2.24) is 15.4 Å². The number of rotatable bonds is 4. The Labute approximate surface area is 137 Å². The van der Waals surface area contributed by atoms with Gasteiger partial charge in [0.05, 0.1) is 12.0 Å². The highest BCUT2D eigenvalue weighted by molar-refractivity contribution is 6.39. The molecule has 1 unspecified atom stereocenters. The number of hydrogen-bond acceptors (Lipinski definition) is 5. The molecule has 0 spiro atoms. The molecule has 2 heterocycles. The molecule has 1 aliphatic rings. The fourth-order valence-corrected chi connectivity index (χ4v) is 2.37. The summed E-state index contributed by atoms with van der Waals surface area (Å²) in [6.07, 6.45) is 3.50. The minimum absolute atomic E-state index is 0.143. The van der Waals surface area contributed by atoms with Crippen LogP contribution in [0.15, 0.2) is 41.8 Å². The van der Waals surface area contributed by atoms with Gasteiger partial charge in [-0.25, -0.2) is 9.99 Å². The second-order valence-electron chi connectivity index (χ2n) is 5.09. The number of benzene rings is 1. The first-order chi connectivity index (χ1) is 11.0. The smallest absolute Gasteiger partial charge is 0.270 e. The van der Waals surface area contributed by atoms with Gasteiger partial charge in [0.2, 0.25) is 0 Å². The van der Waals surface area contributed by atoms with Crippen molar-refractivity contribution >= 4 is 34.8 Å². The molecule has 2 aromatic rings. The van der Waals surface area contributed by atoms with E-state index in [-0.39, 0.29) is 17.5 Å². The molecule has 0 radical (unpaired) electrons. The lowest BCUT2D eigenvalue weighted by molar-refractivity contribution is -0.120. The van der Waals surface area contributed by atoms with E-state index in [0.29, 0.717) is 17.1 Å². The average Bonchev–Trinajstić information content (AvgIpc) is 3.03. The molecule has 0 fully saturated rings. The number of hydrazine groups is 1. The van der Waals surface area contributed by atoms with Crippen LogP contribution in [-0.2, 0) is 16.0 Å². The fraction of sp³-hybridized carbons (Fsp3) is 0.200. The Kier molecular flexibility index (Phi) is 4.12. The zero-order chi connectivity index (χ0) is 16.4. The maximum Gasteiger partial charge on any atom is 0.270 e. The Morgan fingerprint density at radius 1 is 1.35 bits per heavy atom. The van der Waals surface area contributed by atoms with Crippen LogP contribution >= 0.6 is 11.6 Å². The third kappa shape index (κ3) is 3.24. The Balaban J connectivity index is 1.92. The Morgan fingerprint density at radius 2 is 2.09 bits per heavy atom. The Bertz CT molecular complexity index is 755. The van der Waals surface area contributed by atoms with Crippen LogP contribution in [0.1, 0.15) is 12.6 Å². The molecule has 1 atom stereocenters. The van der Waals surface area contributed by atoms with Gasteiger partial charge in [0.25, 0.3) is 5.91 Å². The zero-order valence-electron chi connectivity index (χ0n) is 12.3. The first-order valence-electron chi connectivity index (χ1n) is 6.97. The third-order valence-corrected chi connectivity index (χ3v) is 3.65. The molecule has 0 bridgehead atoms. The van der Waals surface area contributed by atoms with Gasteiger partial charge in [0.1, 0.15) is 6.04 Å². The summed E-state index contributed by atoms with van der Waals surface area (Å²) >= 11 is 5.88. The van der Waals surface area contributed by atoms with Gasteiger partial charge in [-0.3, -0.25) is 20.0 Å². The quantitative estimate of drug-likeness (QED) is 0.888. The third-order valence-electron chi connectivity index (χ3n) is 3.39. The predicted molar refractivity (Wildman–Crippen MR) is 86.3 cm³/mol. The van der Waals surface area contributed by atoms with Gasteiger partial charge in [-0.15, -0.1) is 0 Å². The summed E-state index contributed by atoms with van der Waals surface area (Å²) < 4.78 is 0. The van der Waals surface area contributed by atoms with Gasteiger partial charge in [0.15, 0.2) is 11.6 Å². The van der Waals surface area contributed by atoms with Crippen LogP contribution in [0.25, 0.3) is 0 Å². The molecular formula is C15H14ClN5O2. The topological polar surface area (TPSA) is 90.5 Å². The van der Waals surface area contributed by atoms with Crippen LogP contribution in [0, 0.1) is 0 Å². The largest absolute Gasteiger partial charge is 0.348 e. The van der Waals surface area contributed by atoms with Crippen LogP contribution in [0.4, 0.5) is 5.69 Å². The van der Waals surface area contributed by atoms with Crippen molar-refractivity contribution in [2.45, 2.75) is 19.4 Å². The standard InChI is InChI=1S/C15H14ClN5O2/c1-9(22)14-19-13(6-11-7-17-8-18-11)15(23)21(20-14)12-4-2-10(16)3-5-12/h2-5,7-8,13H,6H2,1H3,(H,17,18)(H,19,20). The number of halogens is 1. The average molecular weight is 332 g/mol. The van der Waals surface area contributed by atoms with Crippen LogP contribution in [0.2, 0.25) is 5.02 Å². The lowest BCUT2D eigenvalue weighted by Crippen LogP contribution is -2.56. The summed E-state index contributed by atoms with van der Waals surface area (Å²) in [4.78, 5) is 35.5. The number of amidine groups is 1. The SMILES string of the molecule is CC(=O)C1=NC(Cc2cnc[nH]2)C(=O)N(c2ccc(Cl)cc2)N1. The molecule has 2 N–H and O–H groups in total. The number of carbonyl (C=O) groups is 2. The van der Waals surface area contributed by atoms with Crippen molar-refractivity contribution in [3.63, 3.8) is 0 Å². The zero-order valence-corrected chi connectivity index (χ0v) is 13.0. The summed E-state index contributed by atoms with van der Waals surface area (Å²) in [6.45, 7) is 1.40. The number of anilines is 1. The van der Waals surface area contributed by atoms with Crippen molar-refractivity contribution in [3.8, 4) is 0 Å². The maximum absolute atomic E-state index is 12.7. The number of aromatic nitrogens is 2. The normalized spacial score (nSPS) is 17.7. The molecule has 0 saturated carbocycles. The van der Waals surface area contributed by atoms with Gasteiger partial charge in [-0.2, -0.15) is 0 Å². The molecule has 0 aliphatic carbocycles. The number of amides is 1. The van der Waals surface area contributed by atoms with Gasteiger partial charge >= 0.3 is 0 Å². The number of H-pyrrole nitrogens is 1. The van der Waals surface area contributed by atoms with Gasteiger partial charge in [-0.1, -0.05) is 11.6 Å². The molecule has 1 aromatic carbocycles. The first-order valence-corrected chi connectivity index (χ1v) is 7.34. The van der Waals surface area contributed by atoms with E-state index in [2.05, 4.69) is 20.4 Å². The summed E-state index contributed by atoms with van der Waals surface area (Å²) in [5, 5.41) is 1.88.